The summed E-state index contributed by atoms with van der Waals surface area (Å²) in [7, 11) is 0. The molecule has 1 amide bonds. The van der Waals surface area contributed by atoms with Crippen LogP contribution in [-0.2, 0) is 11.3 Å². The van der Waals surface area contributed by atoms with Gasteiger partial charge in [-0.1, -0.05) is 12.1 Å². The van der Waals surface area contributed by atoms with Gasteiger partial charge in [-0.25, -0.2) is 4.39 Å². The van der Waals surface area contributed by atoms with Gasteiger partial charge in [-0.3, -0.25) is 19.6 Å². The van der Waals surface area contributed by atoms with E-state index in [4.69, 9.17) is 0 Å². The third kappa shape index (κ3) is 4.84. The Hall–Kier alpha value is -2.31. The van der Waals surface area contributed by atoms with Gasteiger partial charge in [0, 0.05) is 50.8 Å². The SMILES string of the molecule is C[C@H](C(=O)Nc1cccc(F)c1)N1CCN(Cc2cccnc2)CC1. The van der Waals surface area contributed by atoms with E-state index in [1.54, 1.807) is 18.3 Å². The van der Waals surface area contributed by atoms with Gasteiger partial charge in [-0.05, 0) is 36.8 Å². The molecule has 1 aromatic heterocycles. The first kappa shape index (κ1) is 17.5. The second-order valence-electron chi connectivity index (χ2n) is 6.35. The Morgan fingerprint density at radius 2 is 2.04 bits per heavy atom. The van der Waals surface area contributed by atoms with E-state index in [2.05, 4.69) is 26.2 Å². The first-order valence-electron chi connectivity index (χ1n) is 8.53. The molecule has 132 valence electrons. The Morgan fingerprint density at radius 1 is 1.24 bits per heavy atom. The maximum absolute atomic E-state index is 13.2. The highest BCUT2D eigenvalue weighted by atomic mass is 19.1. The van der Waals surface area contributed by atoms with Crippen LogP contribution >= 0.6 is 0 Å². The lowest BCUT2D eigenvalue weighted by molar-refractivity contribution is -0.121. The zero-order chi connectivity index (χ0) is 17.6. The number of benzene rings is 1. The summed E-state index contributed by atoms with van der Waals surface area (Å²) in [6, 6.07) is 9.76. The molecule has 1 N–H and O–H groups in total. The van der Waals surface area contributed by atoms with Crippen molar-refractivity contribution in [3.8, 4) is 0 Å². The quantitative estimate of drug-likeness (QED) is 0.906. The zero-order valence-electron chi connectivity index (χ0n) is 14.4. The van der Waals surface area contributed by atoms with Gasteiger partial charge in [0.15, 0.2) is 0 Å². The highest BCUT2D eigenvalue weighted by molar-refractivity contribution is 5.94. The van der Waals surface area contributed by atoms with Crippen LogP contribution in [0.3, 0.4) is 0 Å². The van der Waals surface area contributed by atoms with Crippen molar-refractivity contribution >= 4 is 11.6 Å². The molecule has 0 unspecified atom stereocenters. The number of nitrogens with one attached hydrogen (secondary N) is 1. The molecule has 0 radical (unpaired) electrons. The van der Waals surface area contributed by atoms with Gasteiger partial charge in [0.25, 0.3) is 0 Å². The first-order chi connectivity index (χ1) is 12.1. The molecule has 0 bridgehead atoms. The Morgan fingerprint density at radius 3 is 2.72 bits per heavy atom. The summed E-state index contributed by atoms with van der Waals surface area (Å²) in [5, 5.41) is 2.79. The van der Waals surface area contributed by atoms with Crippen molar-refractivity contribution in [3.63, 3.8) is 0 Å². The first-order valence-corrected chi connectivity index (χ1v) is 8.53. The van der Waals surface area contributed by atoms with Gasteiger partial charge in [0.2, 0.25) is 5.91 Å². The topological polar surface area (TPSA) is 48.5 Å². The van der Waals surface area contributed by atoms with Gasteiger partial charge in [0.05, 0.1) is 6.04 Å². The Bertz CT molecular complexity index is 702. The van der Waals surface area contributed by atoms with Crippen LogP contribution in [0.2, 0.25) is 0 Å². The lowest BCUT2D eigenvalue weighted by Crippen LogP contribution is -2.52. The molecular weight excluding hydrogens is 319 g/mol. The summed E-state index contributed by atoms with van der Waals surface area (Å²) in [4.78, 5) is 21.1. The zero-order valence-corrected chi connectivity index (χ0v) is 14.4. The van der Waals surface area contributed by atoms with Crippen LogP contribution in [0.4, 0.5) is 10.1 Å². The van der Waals surface area contributed by atoms with E-state index in [9.17, 15) is 9.18 Å². The molecule has 6 heteroatoms. The summed E-state index contributed by atoms with van der Waals surface area (Å²) in [6.07, 6.45) is 3.67. The lowest BCUT2D eigenvalue weighted by Gasteiger charge is -2.37. The van der Waals surface area contributed by atoms with E-state index in [-0.39, 0.29) is 17.8 Å². The average Bonchev–Trinajstić information content (AvgIpc) is 2.62. The number of carbonyl (C=O) groups excluding carboxylic acids is 1. The summed E-state index contributed by atoms with van der Waals surface area (Å²) in [5.74, 6) is -0.458. The number of anilines is 1. The third-order valence-electron chi connectivity index (χ3n) is 4.56. The minimum Gasteiger partial charge on any atom is -0.325 e. The number of halogens is 1. The maximum Gasteiger partial charge on any atom is 0.241 e. The van der Waals surface area contributed by atoms with E-state index in [0.29, 0.717) is 5.69 Å². The van der Waals surface area contributed by atoms with E-state index in [1.165, 1.54) is 17.7 Å². The van der Waals surface area contributed by atoms with E-state index >= 15 is 0 Å². The summed E-state index contributed by atoms with van der Waals surface area (Å²) < 4.78 is 13.2. The monoisotopic (exact) mass is 342 g/mol. The number of carbonyl (C=O) groups is 1. The van der Waals surface area contributed by atoms with Crippen LogP contribution < -0.4 is 5.32 Å². The van der Waals surface area contributed by atoms with Crippen molar-refractivity contribution in [2.75, 3.05) is 31.5 Å². The molecule has 3 rings (SSSR count). The molecule has 1 fully saturated rings. The van der Waals surface area contributed by atoms with Gasteiger partial charge in [0.1, 0.15) is 5.82 Å². The molecule has 25 heavy (non-hydrogen) atoms. The number of piperazine rings is 1. The van der Waals surface area contributed by atoms with Gasteiger partial charge < -0.3 is 5.32 Å². The van der Waals surface area contributed by atoms with Crippen molar-refractivity contribution in [2.24, 2.45) is 0 Å². The predicted octanol–water partition coefficient (Wildman–Crippen LogP) is 2.37. The molecule has 1 aromatic carbocycles. The van der Waals surface area contributed by atoms with E-state index < -0.39 is 0 Å². The Labute approximate surface area is 147 Å². The molecule has 2 heterocycles. The summed E-state index contributed by atoms with van der Waals surface area (Å²) in [6.45, 7) is 6.26. The van der Waals surface area contributed by atoms with Crippen LogP contribution in [-0.4, -0.2) is 52.9 Å². The number of hydrogen-bond acceptors (Lipinski definition) is 4. The lowest BCUT2D eigenvalue weighted by atomic mass is 10.2. The maximum atomic E-state index is 13.2. The predicted molar refractivity (Wildman–Crippen MR) is 95.6 cm³/mol. The van der Waals surface area contributed by atoms with Crippen LogP contribution in [0.15, 0.2) is 48.8 Å². The molecule has 2 aromatic rings. The minimum absolute atomic E-state index is 0.105. The molecule has 1 atom stereocenters. The molecule has 0 aliphatic carbocycles. The Kier molecular flexibility index (Phi) is 5.73. The van der Waals surface area contributed by atoms with Crippen LogP contribution in [0.1, 0.15) is 12.5 Å². The fourth-order valence-corrected chi connectivity index (χ4v) is 3.04. The highest BCUT2D eigenvalue weighted by Crippen LogP contribution is 2.13. The van der Waals surface area contributed by atoms with Crippen LogP contribution in [0.25, 0.3) is 0 Å². The number of nitrogens with zero attached hydrogens (tertiary/aromatic N) is 3. The van der Waals surface area contributed by atoms with Crippen molar-refractivity contribution in [3.05, 3.63) is 60.2 Å². The van der Waals surface area contributed by atoms with Gasteiger partial charge in [-0.2, -0.15) is 0 Å². The molecule has 5 nitrogen and oxygen atoms in total. The highest BCUT2D eigenvalue weighted by Gasteiger charge is 2.25. The summed E-state index contributed by atoms with van der Waals surface area (Å²) in [5.41, 5.74) is 1.69. The largest absolute Gasteiger partial charge is 0.325 e. The Balaban J connectivity index is 1.49. The van der Waals surface area contributed by atoms with Crippen molar-refractivity contribution in [1.82, 2.24) is 14.8 Å². The molecule has 1 saturated heterocycles. The van der Waals surface area contributed by atoms with E-state index in [0.717, 1.165) is 32.7 Å². The average molecular weight is 342 g/mol. The standard InChI is InChI=1S/C19H23FN4O/c1-15(19(25)22-18-6-2-5-17(20)12-18)24-10-8-23(9-11-24)14-16-4-3-7-21-13-16/h2-7,12-13,15H,8-11,14H2,1H3,(H,22,25)/t15-/m1/s1. The van der Waals surface area contributed by atoms with Crippen LogP contribution in [0.5, 0.6) is 0 Å². The third-order valence-corrected chi connectivity index (χ3v) is 4.56. The van der Waals surface area contributed by atoms with Crippen molar-refractivity contribution in [1.29, 1.82) is 0 Å². The number of aromatic nitrogens is 1. The second-order valence-corrected chi connectivity index (χ2v) is 6.35. The fourth-order valence-electron chi connectivity index (χ4n) is 3.04. The molecule has 0 saturated carbocycles. The fraction of sp³-hybridized carbons (Fsp3) is 0.368. The number of hydrogen-bond donors (Lipinski definition) is 1. The number of pyridine rings is 1. The molecule has 1 aliphatic rings. The molecule has 0 spiro atoms. The number of amides is 1. The smallest absolute Gasteiger partial charge is 0.241 e. The van der Waals surface area contributed by atoms with Gasteiger partial charge in [-0.15, -0.1) is 0 Å². The van der Waals surface area contributed by atoms with Crippen molar-refractivity contribution < 1.29 is 9.18 Å². The van der Waals surface area contributed by atoms with Crippen molar-refractivity contribution in [2.45, 2.75) is 19.5 Å². The van der Waals surface area contributed by atoms with E-state index in [1.807, 2.05) is 19.2 Å². The normalized spacial score (nSPS) is 17.2. The minimum atomic E-state index is -0.352. The summed E-state index contributed by atoms with van der Waals surface area (Å²) >= 11 is 0. The second kappa shape index (κ2) is 8.18. The molecular formula is C19H23FN4O. The molecule has 1 aliphatic heterocycles. The van der Waals surface area contributed by atoms with Gasteiger partial charge >= 0.3 is 0 Å². The van der Waals surface area contributed by atoms with Crippen LogP contribution in [0, 0.1) is 5.82 Å². The number of rotatable bonds is 5.